The Kier molecular flexibility index (Phi) is 4.64. The summed E-state index contributed by atoms with van der Waals surface area (Å²) in [7, 11) is 0. The van der Waals surface area contributed by atoms with Crippen LogP contribution in [0.3, 0.4) is 0 Å². The van der Waals surface area contributed by atoms with Gasteiger partial charge in [-0.15, -0.1) is 12.6 Å². The standard InChI is InChI=1S/C14H18FNOS/c15-13-6-5-11(18)9-12(13)14(17)16-8-7-10-3-1-2-4-10/h5-6,9-10,18H,1-4,7-8H2,(H,16,17). The van der Waals surface area contributed by atoms with E-state index in [1.165, 1.54) is 43.9 Å². The first kappa shape index (κ1) is 13.4. The second kappa shape index (κ2) is 6.23. The third kappa shape index (κ3) is 3.48. The largest absolute Gasteiger partial charge is 0.352 e. The Morgan fingerprint density at radius 1 is 1.39 bits per heavy atom. The van der Waals surface area contributed by atoms with Gasteiger partial charge >= 0.3 is 0 Å². The molecular formula is C14H18FNOS. The first-order valence-corrected chi connectivity index (χ1v) is 6.88. The molecule has 1 fully saturated rings. The number of hydrogen-bond donors (Lipinski definition) is 2. The van der Waals surface area contributed by atoms with E-state index in [1.54, 1.807) is 0 Å². The highest BCUT2D eigenvalue weighted by Crippen LogP contribution is 2.26. The third-order valence-corrected chi connectivity index (χ3v) is 3.79. The molecule has 0 atom stereocenters. The summed E-state index contributed by atoms with van der Waals surface area (Å²) in [6.45, 7) is 0.625. The number of nitrogens with one attached hydrogen (secondary N) is 1. The Labute approximate surface area is 112 Å². The van der Waals surface area contributed by atoms with Gasteiger partial charge in [-0.05, 0) is 30.5 Å². The molecule has 1 saturated carbocycles. The fourth-order valence-electron chi connectivity index (χ4n) is 2.47. The second-order valence-electron chi connectivity index (χ2n) is 4.86. The number of rotatable bonds is 4. The lowest BCUT2D eigenvalue weighted by molar-refractivity contribution is 0.0947. The maximum Gasteiger partial charge on any atom is 0.254 e. The van der Waals surface area contributed by atoms with Crippen LogP contribution in [0.5, 0.6) is 0 Å². The van der Waals surface area contributed by atoms with Crippen molar-refractivity contribution in [2.24, 2.45) is 5.92 Å². The summed E-state index contributed by atoms with van der Waals surface area (Å²) in [5.74, 6) is -0.112. The van der Waals surface area contributed by atoms with E-state index in [0.29, 0.717) is 11.4 Å². The van der Waals surface area contributed by atoms with Crippen LogP contribution < -0.4 is 5.32 Å². The van der Waals surface area contributed by atoms with Crippen LogP contribution >= 0.6 is 12.6 Å². The maximum atomic E-state index is 13.5. The van der Waals surface area contributed by atoms with Crippen molar-refractivity contribution >= 4 is 18.5 Å². The minimum absolute atomic E-state index is 0.0777. The van der Waals surface area contributed by atoms with Gasteiger partial charge in [0.1, 0.15) is 5.82 Å². The zero-order valence-electron chi connectivity index (χ0n) is 10.3. The molecule has 1 aliphatic carbocycles. The zero-order valence-corrected chi connectivity index (χ0v) is 11.2. The van der Waals surface area contributed by atoms with Crippen LogP contribution in [0.2, 0.25) is 0 Å². The maximum absolute atomic E-state index is 13.5. The number of benzene rings is 1. The Hall–Kier alpha value is -1.03. The molecule has 2 rings (SSSR count). The molecular weight excluding hydrogens is 249 g/mol. The normalized spacial score (nSPS) is 15.9. The second-order valence-corrected chi connectivity index (χ2v) is 5.38. The molecule has 98 valence electrons. The van der Waals surface area contributed by atoms with E-state index < -0.39 is 5.82 Å². The fourth-order valence-corrected chi connectivity index (χ4v) is 2.67. The topological polar surface area (TPSA) is 29.1 Å². The first-order chi connectivity index (χ1) is 8.66. The van der Waals surface area contributed by atoms with E-state index >= 15 is 0 Å². The highest BCUT2D eigenvalue weighted by molar-refractivity contribution is 7.80. The van der Waals surface area contributed by atoms with Crippen molar-refractivity contribution in [3.63, 3.8) is 0 Å². The molecule has 0 aromatic heterocycles. The van der Waals surface area contributed by atoms with Crippen LogP contribution in [0.1, 0.15) is 42.5 Å². The quantitative estimate of drug-likeness (QED) is 0.804. The predicted octanol–water partition coefficient (Wildman–Crippen LogP) is 3.42. The number of carbonyl (C=O) groups is 1. The van der Waals surface area contributed by atoms with Crippen LogP contribution in [0.15, 0.2) is 23.1 Å². The summed E-state index contributed by atoms with van der Waals surface area (Å²) in [5, 5.41) is 2.78. The molecule has 0 spiro atoms. The molecule has 4 heteroatoms. The van der Waals surface area contributed by atoms with Gasteiger partial charge in [0, 0.05) is 11.4 Å². The lowest BCUT2D eigenvalue weighted by Gasteiger charge is -2.10. The lowest BCUT2D eigenvalue weighted by Crippen LogP contribution is -2.26. The molecule has 0 saturated heterocycles. The molecule has 0 heterocycles. The van der Waals surface area contributed by atoms with Crippen molar-refractivity contribution in [3.8, 4) is 0 Å². The van der Waals surface area contributed by atoms with Crippen LogP contribution in [0.25, 0.3) is 0 Å². The van der Waals surface area contributed by atoms with E-state index in [2.05, 4.69) is 17.9 Å². The number of halogens is 1. The van der Waals surface area contributed by atoms with E-state index in [-0.39, 0.29) is 11.5 Å². The Morgan fingerprint density at radius 3 is 2.83 bits per heavy atom. The molecule has 1 N–H and O–H groups in total. The van der Waals surface area contributed by atoms with Crippen molar-refractivity contribution in [1.29, 1.82) is 0 Å². The molecule has 1 aromatic rings. The summed E-state index contributed by atoms with van der Waals surface area (Å²) in [6.07, 6.45) is 6.12. The Balaban J connectivity index is 1.85. The monoisotopic (exact) mass is 267 g/mol. The molecule has 1 aromatic carbocycles. The Morgan fingerprint density at radius 2 is 2.11 bits per heavy atom. The number of hydrogen-bond acceptors (Lipinski definition) is 2. The van der Waals surface area contributed by atoms with Crippen molar-refractivity contribution in [3.05, 3.63) is 29.6 Å². The summed E-state index contributed by atoms with van der Waals surface area (Å²) in [5.41, 5.74) is 0.0777. The molecule has 0 bridgehead atoms. The number of carbonyl (C=O) groups excluding carboxylic acids is 1. The average Bonchev–Trinajstić information content (AvgIpc) is 2.85. The zero-order chi connectivity index (χ0) is 13.0. The SMILES string of the molecule is O=C(NCCC1CCCC1)c1cc(S)ccc1F. The van der Waals surface area contributed by atoms with Gasteiger partial charge in [-0.3, -0.25) is 4.79 Å². The highest BCUT2D eigenvalue weighted by atomic mass is 32.1. The van der Waals surface area contributed by atoms with Crippen molar-refractivity contribution in [2.45, 2.75) is 37.0 Å². The summed E-state index contributed by atoms with van der Waals surface area (Å²) < 4.78 is 13.5. The van der Waals surface area contributed by atoms with Crippen molar-refractivity contribution < 1.29 is 9.18 Å². The van der Waals surface area contributed by atoms with Gasteiger partial charge in [-0.25, -0.2) is 4.39 Å². The highest BCUT2D eigenvalue weighted by Gasteiger charge is 2.16. The molecule has 0 unspecified atom stereocenters. The van der Waals surface area contributed by atoms with Gasteiger partial charge in [0.25, 0.3) is 5.91 Å². The van der Waals surface area contributed by atoms with E-state index in [4.69, 9.17) is 0 Å². The third-order valence-electron chi connectivity index (χ3n) is 3.51. The molecule has 1 aliphatic rings. The fraction of sp³-hybridized carbons (Fsp3) is 0.500. The molecule has 18 heavy (non-hydrogen) atoms. The van der Waals surface area contributed by atoms with E-state index in [9.17, 15) is 9.18 Å². The number of amides is 1. The van der Waals surface area contributed by atoms with Gasteiger partial charge in [0.2, 0.25) is 0 Å². The van der Waals surface area contributed by atoms with E-state index in [1.807, 2.05) is 0 Å². The molecule has 0 radical (unpaired) electrons. The summed E-state index contributed by atoms with van der Waals surface area (Å²) in [6, 6.07) is 4.27. The van der Waals surface area contributed by atoms with Crippen LogP contribution in [-0.4, -0.2) is 12.5 Å². The minimum Gasteiger partial charge on any atom is -0.352 e. The molecule has 0 aliphatic heterocycles. The van der Waals surface area contributed by atoms with Gasteiger partial charge in [0.15, 0.2) is 0 Å². The van der Waals surface area contributed by atoms with Gasteiger partial charge in [-0.2, -0.15) is 0 Å². The average molecular weight is 267 g/mol. The van der Waals surface area contributed by atoms with Crippen LogP contribution in [0.4, 0.5) is 4.39 Å². The van der Waals surface area contributed by atoms with Crippen LogP contribution in [0, 0.1) is 11.7 Å². The summed E-state index contributed by atoms with van der Waals surface area (Å²) in [4.78, 5) is 12.4. The van der Waals surface area contributed by atoms with Crippen molar-refractivity contribution in [2.75, 3.05) is 6.54 Å². The van der Waals surface area contributed by atoms with E-state index in [0.717, 1.165) is 12.3 Å². The minimum atomic E-state index is -0.494. The van der Waals surface area contributed by atoms with Crippen molar-refractivity contribution in [1.82, 2.24) is 5.32 Å². The van der Waals surface area contributed by atoms with Gasteiger partial charge < -0.3 is 5.32 Å². The summed E-state index contributed by atoms with van der Waals surface area (Å²) >= 11 is 4.11. The lowest BCUT2D eigenvalue weighted by atomic mass is 10.0. The Bertz CT molecular complexity index is 430. The molecule has 2 nitrogen and oxygen atoms in total. The van der Waals surface area contributed by atoms with Gasteiger partial charge in [0.05, 0.1) is 5.56 Å². The van der Waals surface area contributed by atoms with Gasteiger partial charge in [-0.1, -0.05) is 25.7 Å². The first-order valence-electron chi connectivity index (χ1n) is 6.43. The van der Waals surface area contributed by atoms with Crippen LogP contribution in [-0.2, 0) is 0 Å². The smallest absolute Gasteiger partial charge is 0.254 e. The predicted molar refractivity (Wildman–Crippen MR) is 72.6 cm³/mol. The number of thiol groups is 1. The molecule has 1 amide bonds.